The minimum absolute atomic E-state index is 0.0594. The number of hydrogen-bond donors (Lipinski definition) is 1. The molecule has 0 aliphatic carbocycles. The molecule has 1 N–H and O–H groups in total. The van der Waals surface area contributed by atoms with Gasteiger partial charge in [0.05, 0.1) is 6.04 Å². The van der Waals surface area contributed by atoms with Gasteiger partial charge >= 0.3 is 0 Å². The van der Waals surface area contributed by atoms with Crippen molar-refractivity contribution in [3.63, 3.8) is 0 Å². The second-order valence-electron chi connectivity index (χ2n) is 8.11. The van der Waals surface area contributed by atoms with Gasteiger partial charge in [-0.05, 0) is 55.4 Å². The number of Topliss-reactive ketones (excluding diaryl/α,β-unsaturated/α-hetero) is 1. The highest BCUT2D eigenvalue weighted by Gasteiger charge is 2.36. The van der Waals surface area contributed by atoms with E-state index in [2.05, 4.69) is 63.4 Å². The molecule has 2 saturated heterocycles. The Hall–Kier alpha value is -2.43. The van der Waals surface area contributed by atoms with Crippen LogP contribution in [0.5, 0.6) is 0 Å². The van der Waals surface area contributed by atoms with E-state index in [1.165, 1.54) is 16.5 Å². The van der Waals surface area contributed by atoms with Gasteiger partial charge in [-0.1, -0.05) is 42.5 Å². The molecule has 3 heterocycles. The Morgan fingerprint density at radius 3 is 2.71 bits per heavy atom. The molecular weight excluding hydrogens is 346 g/mol. The summed E-state index contributed by atoms with van der Waals surface area (Å²) in [6.07, 6.45) is 5.42. The van der Waals surface area contributed by atoms with Gasteiger partial charge in [0.2, 0.25) is 0 Å². The fourth-order valence-electron chi connectivity index (χ4n) is 4.87. The molecule has 0 spiro atoms. The normalized spacial score (nSPS) is 22.9. The van der Waals surface area contributed by atoms with Crippen LogP contribution in [0.15, 0.2) is 60.8 Å². The molecule has 28 heavy (non-hydrogen) atoms. The van der Waals surface area contributed by atoms with Crippen molar-refractivity contribution in [2.75, 3.05) is 19.6 Å². The number of fused-ring (bicyclic) bond motifs is 1. The second-order valence-corrected chi connectivity index (χ2v) is 8.11. The molecule has 0 radical (unpaired) electrons. The van der Waals surface area contributed by atoms with Gasteiger partial charge in [0, 0.05) is 36.4 Å². The number of hydrogen-bond acceptors (Lipinski definition) is 3. The van der Waals surface area contributed by atoms with Gasteiger partial charge in [-0.3, -0.25) is 9.69 Å². The highest BCUT2D eigenvalue weighted by molar-refractivity contribution is 6.00. The van der Waals surface area contributed by atoms with Gasteiger partial charge in [0.1, 0.15) is 0 Å². The molecule has 5 rings (SSSR count). The SMILES string of the molecule is O=C(c1ccc(Cn2ccc3ccccc32)cc1)C1CCCN1[C@H]1CCNC1. The first-order chi connectivity index (χ1) is 13.8. The van der Waals surface area contributed by atoms with Gasteiger partial charge in [0.25, 0.3) is 0 Å². The van der Waals surface area contributed by atoms with Gasteiger partial charge < -0.3 is 9.88 Å². The molecular formula is C24H27N3O. The molecule has 2 fully saturated rings. The number of likely N-dealkylation sites (tertiary alicyclic amines) is 1. The van der Waals surface area contributed by atoms with Crippen molar-refractivity contribution in [3.8, 4) is 0 Å². The van der Waals surface area contributed by atoms with Crippen LogP contribution in [0.3, 0.4) is 0 Å². The Balaban J connectivity index is 1.31. The average molecular weight is 374 g/mol. The smallest absolute Gasteiger partial charge is 0.179 e. The van der Waals surface area contributed by atoms with E-state index in [0.29, 0.717) is 11.8 Å². The third-order valence-corrected chi connectivity index (χ3v) is 6.37. The van der Waals surface area contributed by atoms with Gasteiger partial charge in [-0.2, -0.15) is 0 Å². The molecule has 1 unspecified atom stereocenters. The molecule has 4 nitrogen and oxygen atoms in total. The van der Waals surface area contributed by atoms with Crippen molar-refractivity contribution in [1.82, 2.24) is 14.8 Å². The summed E-state index contributed by atoms with van der Waals surface area (Å²) in [6, 6.07) is 19.4. The summed E-state index contributed by atoms with van der Waals surface area (Å²) in [7, 11) is 0. The van der Waals surface area contributed by atoms with Crippen molar-refractivity contribution < 1.29 is 4.79 Å². The van der Waals surface area contributed by atoms with E-state index >= 15 is 0 Å². The van der Waals surface area contributed by atoms with Crippen LogP contribution in [0.4, 0.5) is 0 Å². The molecule has 2 atom stereocenters. The van der Waals surface area contributed by atoms with Crippen molar-refractivity contribution in [2.24, 2.45) is 0 Å². The van der Waals surface area contributed by atoms with Crippen LogP contribution < -0.4 is 5.32 Å². The number of benzene rings is 2. The highest BCUT2D eigenvalue weighted by Crippen LogP contribution is 2.26. The Morgan fingerprint density at radius 2 is 1.89 bits per heavy atom. The van der Waals surface area contributed by atoms with Crippen LogP contribution in [0.25, 0.3) is 10.9 Å². The van der Waals surface area contributed by atoms with Gasteiger partial charge in [-0.25, -0.2) is 0 Å². The largest absolute Gasteiger partial charge is 0.343 e. The van der Waals surface area contributed by atoms with Crippen LogP contribution in [0.2, 0.25) is 0 Å². The first-order valence-electron chi connectivity index (χ1n) is 10.4. The average Bonchev–Trinajstić information content (AvgIpc) is 3.49. The fourth-order valence-corrected chi connectivity index (χ4v) is 4.87. The summed E-state index contributed by atoms with van der Waals surface area (Å²) >= 11 is 0. The molecule has 144 valence electrons. The minimum Gasteiger partial charge on any atom is -0.343 e. The van der Waals surface area contributed by atoms with Crippen molar-refractivity contribution in [3.05, 3.63) is 71.9 Å². The maximum Gasteiger partial charge on any atom is 0.179 e. The van der Waals surface area contributed by atoms with E-state index in [4.69, 9.17) is 0 Å². The van der Waals surface area contributed by atoms with E-state index in [0.717, 1.165) is 51.0 Å². The monoisotopic (exact) mass is 373 g/mol. The molecule has 3 aromatic rings. The lowest BCUT2D eigenvalue weighted by Gasteiger charge is -2.29. The second kappa shape index (κ2) is 7.53. The molecule has 2 aliphatic heterocycles. The predicted molar refractivity (Wildman–Crippen MR) is 113 cm³/mol. The first kappa shape index (κ1) is 17.7. The topological polar surface area (TPSA) is 37.3 Å². The summed E-state index contributed by atoms with van der Waals surface area (Å²) in [6.45, 7) is 3.98. The number of nitrogens with zero attached hydrogens (tertiary/aromatic N) is 2. The van der Waals surface area contributed by atoms with Crippen molar-refractivity contribution in [2.45, 2.75) is 37.9 Å². The fraction of sp³-hybridized carbons (Fsp3) is 0.375. The molecule has 2 aliphatic rings. The zero-order valence-electron chi connectivity index (χ0n) is 16.2. The molecule has 2 aromatic carbocycles. The summed E-state index contributed by atoms with van der Waals surface area (Å²) in [5.74, 6) is 0.294. The van der Waals surface area contributed by atoms with E-state index in [9.17, 15) is 4.79 Å². The lowest BCUT2D eigenvalue weighted by atomic mass is 10.00. The summed E-state index contributed by atoms with van der Waals surface area (Å²) in [5.41, 5.74) is 3.32. The first-order valence-corrected chi connectivity index (χ1v) is 10.4. The lowest BCUT2D eigenvalue weighted by Crippen LogP contribution is -2.44. The molecule has 0 amide bonds. The highest BCUT2D eigenvalue weighted by atomic mass is 16.1. The van der Waals surface area contributed by atoms with E-state index in [1.54, 1.807) is 0 Å². The van der Waals surface area contributed by atoms with Crippen LogP contribution in [0.1, 0.15) is 35.2 Å². The zero-order chi connectivity index (χ0) is 18.9. The number of carbonyl (C=O) groups excluding carboxylic acids is 1. The Kier molecular flexibility index (Phi) is 4.75. The van der Waals surface area contributed by atoms with Crippen molar-refractivity contribution >= 4 is 16.7 Å². The maximum atomic E-state index is 13.1. The van der Waals surface area contributed by atoms with Crippen molar-refractivity contribution in [1.29, 1.82) is 0 Å². The molecule has 0 saturated carbocycles. The van der Waals surface area contributed by atoms with Crippen LogP contribution in [-0.2, 0) is 6.54 Å². The van der Waals surface area contributed by atoms with Crippen LogP contribution in [-0.4, -0.2) is 47.0 Å². The van der Waals surface area contributed by atoms with E-state index in [-0.39, 0.29) is 6.04 Å². The third kappa shape index (κ3) is 3.27. The third-order valence-electron chi connectivity index (χ3n) is 6.37. The molecule has 4 heteroatoms. The summed E-state index contributed by atoms with van der Waals surface area (Å²) in [4.78, 5) is 15.6. The number of rotatable bonds is 5. The predicted octanol–water partition coefficient (Wildman–Crippen LogP) is 3.70. The quantitative estimate of drug-likeness (QED) is 0.693. The number of nitrogens with one attached hydrogen (secondary N) is 1. The van der Waals surface area contributed by atoms with Gasteiger partial charge in [0.15, 0.2) is 5.78 Å². The number of aromatic nitrogens is 1. The Labute approximate surface area is 166 Å². The zero-order valence-corrected chi connectivity index (χ0v) is 16.2. The molecule has 1 aromatic heterocycles. The van der Waals surface area contributed by atoms with Gasteiger partial charge in [-0.15, -0.1) is 0 Å². The summed E-state index contributed by atoms with van der Waals surface area (Å²) < 4.78 is 2.26. The summed E-state index contributed by atoms with van der Waals surface area (Å²) in [5, 5.41) is 4.70. The van der Waals surface area contributed by atoms with Crippen LogP contribution >= 0.6 is 0 Å². The maximum absolute atomic E-state index is 13.1. The number of para-hydroxylation sites is 1. The number of carbonyl (C=O) groups is 1. The lowest BCUT2D eigenvalue weighted by molar-refractivity contribution is 0.0826. The Morgan fingerprint density at radius 1 is 1.04 bits per heavy atom. The Bertz CT molecular complexity index is 969. The van der Waals surface area contributed by atoms with E-state index < -0.39 is 0 Å². The minimum atomic E-state index is 0.0594. The number of ketones is 1. The van der Waals surface area contributed by atoms with Crippen LogP contribution in [0, 0.1) is 0 Å². The van der Waals surface area contributed by atoms with E-state index in [1.807, 2.05) is 12.1 Å². The standard InChI is InChI=1S/C24H27N3O/c28-24(23-6-3-14-27(23)21-11-13-25-16-21)20-9-7-18(8-10-20)17-26-15-12-19-4-1-2-5-22(19)26/h1-2,4-5,7-10,12,15,21,23,25H,3,6,11,13-14,16-17H2/t21-,23?/m0/s1. The molecule has 0 bridgehead atoms.